The van der Waals surface area contributed by atoms with Crippen LogP contribution in [0.1, 0.15) is 72.1 Å². The number of para-hydroxylation sites is 1. The summed E-state index contributed by atoms with van der Waals surface area (Å²) in [6, 6.07) is 10.3. The molecule has 1 saturated heterocycles. The molecule has 1 aliphatic heterocycles. The molecular weight excluding hydrogens is 414 g/mol. The van der Waals surface area contributed by atoms with E-state index in [2.05, 4.69) is 26.2 Å². The van der Waals surface area contributed by atoms with E-state index < -0.39 is 0 Å². The van der Waals surface area contributed by atoms with E-state index in [0.29, 0.717) is 17.5 Å². The smallest absolute Gasteiger partial charge is 0.252 e. The van der Waals surface area contributed by atoms with Crippen molar-refractivity contribution in [2.45, 2.75) is 57.0 Å². The van der Waals surface area contributed by atoms with Crippen molar-refractivity contribution in [2.75, 3.05) is 26.2 Å². The summed E-state index contributed by atoms with van der Waals surface area (Å²) in [4.78, 5) is 20.1. The number of hydrogen-bond donors (Lipinski definition) is 2. The quantitative estimate of drug-likeness (QED) is 0.578. The van der Waals surface area contributed by atoms with Crippen molar-refractivity contribution in [3.63, 3.8) is 0 Å². The molecular formula is C26H33N5O2. The Kier molecular flexibility index (Phi) is 6.69. The summed E-state index contributed by atoms with van der Waals surface area (Å²) in [7, 11) is 0. The van der Waals surface area contributed by atoms with E-state index in [0.717, 1.165) is 42.7 Å². The maximum Gasteiger partial charge on any atom is 0.252 e. The van der Waals surface area contributed by atoms with Gasteiger partial charge in [-0.1, -0.05) is 37.5 Å². The Balaban J connectivity index is 1.29. The van der Waals surface area contributed by atoms with Gasteiger partial charge in [-0.2, -0.15) is 5.10 Å². The van der Waals surface area contributed by atoms with Gasteiger partial charge in [-0.05, 0) is 37.9 Å². The zero-order valence-electron chi connectivity index (χ0n) is 19.1. The van der Waals surface area contributed by atoms with Gasteiger partial charge >= 0.3 is 0 Å². The van der Waals surface area contributed by atoms with E-state index in [1.165, 1.54) is 37.7 Å². The molecule has 1 saturated carbocycles. The number of hydrogen-bond acceptors (Lipinski definition) is 5. The first-order valence-electron chi connectivity index (χ1n) is 12.3. The van der Waals surface area contributed by atoms with Gasteiger partial charge in [-0.25, -0.2) is 0 Å². The van der Waals surface area contributed by atoms with Crippen LogP contribution in [-0.4, -0.2) is 56.9 Å². The highest BCUT2D eigenvalue weighted by molar-refractivity contribution is 6.06. The van der Waals surface area contributed by atoms with Crippen molar-refractivity contribution in [1.82, 2.24) is 25.0 Å². The first-order chi connectivity index (χ1) is 16.2. The van der Waals surface area contributed by atoms with Crippen molar-refractivity contribution in [2.24, 2.45) is 0 Å². The zero-order valence-corrected chi connectivity index (χ0v) is 19.1. The van der Waals surface area contributed by atoms with Gasteiger partial charge in [0.05, 0.1) is 29.9 Å². The van der Waals surface area contributed by atoms with Crippen molar-refractivity contribution >= 4 is 16.8 Å². The van der Waals surface area contributed by atoms with Gasteiger partial charge in [0.25, 0.3) is 5.91 Å². The van der Waals surface area contributed by atoms with Crippen molar-refractivity contribution in [1.29, 1.82) is 0 Å². The molecule has 1 aliphatic carbocycles. The first kappa shape index (κ1) is 22.0. The molecule has 1 amide bonds. The molecule has 3 aromatic rings. The molecule has 1 aromatic carbocycles. The summed E-state index contributed by atoms with van der Waals surface area (Å²) in [5.74, 6) is 0.140. The lowest BCUT2D eigenvalue weighted by atomic mass is 9.96. The normalized spacial score (nSPS) is 19.8. The molecule has 0 bridgehead atoms. The largest absolute Gasteiger partial charge is 0.395 e. The summed E-state index contributed by atoms with van der Waals surface area (Å²) in [6.45, 7) is 3.02. The summed E-state index contributed by atoms with van der Waals surface area (Å²) >= 11 is 0. The molecule has 2 fully saturated rings. The molecule has 7 heteroatoms. The molecule has 2 N–H and O–H groups in total. The minimum absolute atomic E-state index is 0.0729. The number of benzene rings is 1. The molecule has 0 unspecified atom stereocenters. The van der Waals surface area contributed by atoms with Crippen LogP contribution in [0.5, 0.6) is 0 Å². The number of aliphatic hydroxyl groups is 1. The van der Waals surface area contributed by atoms with Crippen LogP contribution in [0.2, 0.25) is 0 Å². The number of nitrogens with one attached hydrogen (secondary N) is 1. The molecule has 0 spiro atoms. The standard InChI is InChI=1S/C26H33N5O2/c32-13-11-27-26(33)23-14-25(29-24-9-5-4-8-22(23)24)20-10-12-30(18-20)16-19-15-28-31(17-19)21-6-2-1-3-7-21/h4-5,8-9,14-15,17,20-21,32H,1-3,6-7,10-13,16,18H2,(H,27,33)/t20-/m0/s1. The average molecular weight is 448 g/mol. The Bertz CT molecular complexity index is 1110. The Morgan fingerprint density at radius 1 is 1.15 bits per heavy atom. The summed E-state index contributed by atoms with van der Waals surface area (Å²) < 4.78 is 2.18. The van der Waals surface area contributed by atoms with Crippen LogP contribution < -0.4 is 5.32 Å². The third-order valence-electron chi connectivity index (χ3n) is 7.08. The number of nitrogens with zero attached hydrogens (tertiary/aromatic N) is 4. The van der Waals surface area contributed by atoms with Crippen LogP contribution in [0.4, 0.5) is 0 Å². The second-order valence-corrected chi connectivity index (χ2v) is 9.43. The van der Waals surface area contributed by atoms with Gasteiger partial charge in [0.1, 0.15) is 0 Å². The SMILES string of the molecule is O=C(NCCO)c1cc([C@H]2CCN(Cc3cnn(C4CCCCC4)c3)C2)nc2ccccc12. The number of amides is 1. The number of pyridine rings is 1. The van der Waals surface area contributed by atoms with Gasteiger partial charge in [-0.3, -0.25) is 19.4 Å². The van der Waals surface area contributed by atoms with Crippen LogP contribution in [0, 0.1) is 0 Å². The van der Waals surface area contributed by atoms with E-state index in [4.69, 9.17) is 10.1 Å². The maximum atomic E-state index is 12.8. The van der Waals surface area contributed by atoms with Crippen molar-refractivity contribution in [3.8, 4) is 0 Å². The fraction of sp³-hybridized carbons (Fsp3) is 0.500. The molecule has 2 aromatic heterocycles. The Labute approximate surface area is 194 Å². The molecule has 1 atom stereocenters. The van der Waals surface area contributed by atoms with E-state index in [-0.39, 0.29) is 19.1 Å². The average Bonchev–Trinajstić information content (AvgIpc) is 3.52. The molecule has 33 heavy (non-hydrogen) atoms. The number of carbonyl (C=O) groups excluding carboxylic acids is 1. The predicted molar refractivity (Wildman–Crippen MR) is 128 cm³/mol. The fourth-order valence-electron chi connectivity index (χ4n) is 5.34. The highest BCUT2D eigenvalue weighted by Gasteiger charge is 2.27. The predicted octanol–water partition coefficient (Wildman–Crippen LogP) is 3.65. The van der Waals surface area contributed by atoms with Gasteiger partial charge in [0, 0.05) is 48.4 Å². The molecule has 174 valence electrons. The highest BCUT2D eigenvalue weighted by atomic mass is 16.3. The topological polar surface area (TPSA) is 83.3 Å². The minimum atomic E-state index is -0.158. The summed E-state index contributed by atoms with van der Waals surface area (Å²) in [5.41, 5.74) is 3.73. The second-order valence-electron chi connectivity index (χ2n) is 9.43. The number of rotatable bonds is 7. The van der Waals surface area contributed by atoms with Crippen LogP contribution in [-0.2, 0) is 6.54 Å². The molecule has 0 radical (unpaired) electrons. The molecule has 3 heterocycles. The van der Waals surface area contributed by atoms with Gasteiger partial charge in [-0.15, -0.1) is 0 Å². The van der Waals surface area contributed by atoms with E-state index in [1.54, 1.807) is 0 Å². The van der Waals surface area contributed by atoms with Crippen LogP contribution in [0.3, 0.4) is 0 Å². The molecule has 2 aliphatic rings. The van der Waals surface area contributed by atoms with Crippen LogP contribution in [0.15, 0.2) is 42.7 Å². The Hall–Kier alpha value is -2.77. The van der Waals surface area contributed by atoms with E-state index in [1.807, 2.05) is 36.5 Å². The third kappa shape index (κ3) is 4.94. The minimum Gasteiger partial charge on any atom is -0.395 e. The van der Waals surface area contributed by atoms with Crippen molar-refractivity contribution < 1.29 is 9.90 Å². The zero-order chi connectivity index (χ0) is 22.6. The second kappa shape index (κ2) is 10.0. The maximum absolute atomic E-state index is 12.8. The van der Waals surface area contributed by atoms with E-state index in [9.17, 15) is 4.79 Å². The number of aromatic nitrogens is 3. The number of carbonyl (C=O) groups is 1. The Morgan fingerprint density at radius 2 is 2.00 bits per heavy atom. The lowest BCUT2D eigenvalue weighted by Gasteiger charge is -2.21. The lowest BCUT2D eigenvalue weighted by Crippen LogP contribution is -2.27. The fourth-order valence-corrected chi connectivity index (χ4v) is 5.34. The monoisotopic (exact) mass is 447 g/mol. The van der Waals surface area contributed by atoms with E-state index >= 15 is 0 Å². The van der Waals surface area contributed by atoms with Gasteiger partial charge in [0.2, 0.25) is 0 Å². The van der Waals surface area contributed by atoms with Crippen LogP contribution >= 0.6 is 0 Å². The summed E-state index contributed by atoms with van der Waals surface area (Å²) in [5, 5.41) is 17.4. The van der Waals surface area contributed by atoms with Crippen LogP contribution in [0.25, 0.3) is 10.9 Å². The lowest BCUT2D eigenvalue weighted by molar-refractivity contribution is 0.0946. The van der Waals surface area contributed by atoms with Gasteiger partial charge < -0.3 is 10.4 Å². The highest BCUT2D eigenvalue weighted by Crippen LogP contribution is 2.31. The third-order valence-corrected chi connectivity index (χ3v) is 7.08. The molecule has 5 rings (SSSR count). The summed E-state index contributed by atoms with van der Waals surface area (Å²) in [6.07, 6.45) is 11.8. The van der Waals surface area contributed by atoms with Crippen molar-refractivity contribution in [3.05, 3.63) is 59.5 Å². The number of aliphatic hydroxyl groups excluding tert-OH is 1. The number of likely N-dealkylation sites (tertiary alicyclic amines) is 1. The van der Waals surface area contributed by atoms with Gasteiger partial charge in [0.15, 0.2) is 0 Å². The molecule has 7 nitrogen and oxygen atoms in total. The first-order valence-corrected chi connectivity index (χ1v) is 12.3. The Morgan fingerprint density at radius 3 is 2.85 bits per heavy atom. The number of fused-ring (bicyclic) bond motifs is 1.